The van der Waals surface area contributed by atoms with Crippen LogP contribution < -0.4 is 14.4 Å². The van der Waals surface area contributed by atoms with Gasteiger partial charge >= 0.3 is 0 Å². The van der Waals surface area contributed by atoms with E-state index in [0.29, 0.717) is 24.6 Å². The fourth-order valence-corrected chi connectivity index (χ4v) is 4.99. The van der Waals surface area contributed by atoms with E-state index in [1.807, 2.05) is 30.3 Å². The first-order valence-electron chi connectivity index (χ1n) is 11.1. The number of thioether (sulfide) groups is 1. The molecule has 3 rings (SSSR count). The van der Waals surface area contributed by atoms with Gasteiger partial charge in [0.15, 0.2) is 0 Å². The number of hydrogen-bond donors (Lipinski definition) is 1. The number of carbonyl (C=O) groups excluding carboxylic acids is 1. The van der Waals surface area contributed by atoms with E-state index in [4.69, 9.17) is 4.74 Å². The maximum atomic E-state index is 12.9. The van der Waals surface area contributed by atoms with Crippen LogP contribution in [0, 0.1) is 5.82 Å². The maximum Gasteiger partial charge on any atom is 0.240 e. The number of carbonyl (C=O) groups is 1. The first kappa shape index (κ1) is 26.6. The average molecular weight is 517 g/mol. The summed E-state index contributed by atoms with van der Waals surface area (Å²) >= 11 is 1.69. The van der Waals surface area contributed by atoms with Gasteiger partial charge < -0.3 is 10.1 Å². The van der Waals surface area contributed by atoms with Crippen molar-refractivity contribution < 1.29 is 22.3 Å². The highest BCUT2D eigenvalue weighted by Crippen LogP contribution is 2.22. The molecule has 6 nitrogen and oxygen atoms in total. The van der Waals surface area contributed by atoms with Crippen molar-refractivity contribution in [1.82, 2.24) is 5.32 Å². The molecule has 1 amide bonds. The lowest BCUT2D eigenvalue weighted by molar-refractivity contribution is -0.119. The van der Waals surface area contributed by atoms with Gasteiger partial charge in [-0.3, -0.25) is 9.10 Å². The van der Waals surface area contributed by atoms with Gasteiger partial charge in [-0.05, 0) is 59.7 Å². The molecular formula is C26H29FN2O4S2. The fraction of sp³-hybridized carbons (Fsp3) is 0.269. The first-order valence-corrected chi connectivity index (χ1v) is 14.1. The van der Waals surface area contributed by atoms with Crippen molar-refractivity contribution >= 4 is 33.4 Å². The zero-order valence-corrected chi connectivity index (χ0v) is 21.2. The Bertz CT molecular complexity index is 1170. The molecule has 0 bridgehead atoms. The Hall–Kier alpha value is -3.04. The molecule has 0 aliphatic carbocycles. The summed E-state index contributed by atoms with van der Waals surface area (Å²) in [4.78, 5) is 12.4. The molecule has 0 saturated heterocycles. The Morgan fingerprint density at radius 2 is 1.66 bits per heavy atom. The topological polar surface area (TPSA) is 75.7 Å². The molecule has 0 radical (unpaired) electrons. The summed E-state index contributed by atoms with van der Waals surface area (Å²) in [5.41, 5.74) is 2.46. The van der Waals surface area contributed by atoms with Gasteiger partial charge in [0.2, 0.25) is 15.9 Å². The Balaban J connectivity index is 1.43. The van der Waals surface area contributed by atoms with E-state index < -0.39 is 10.0 Å². The maximum absolute atomic E-state index is 12.9. The van der Waals surface area contributed by atoms with Crippen molar-refractivity contribution in [3.63, 3.8) is 0 Å². The van der Waals surface area contributed by atoms with Crippen LogP contribution in [0.2, 0.25) is 0 Å². The standard InChI is InChI=1S/C26H29FN2O4S2/c1-35(31,32)29(24-12-14-25(15-13-24)33-19-21-6-3-2-4-7-21)18-26(30)28-16-5-17-34-20-22-8-10-23(27)11-9-22/h2-4,6-15H,5,16-20H2,1H3,(H,28,30). The Labute approximate surface area is 210 Å². The van der Waals surface area contributed by atoms with Crippen LogP contribution in [0.15, 0.2) is 78.9 Å². The summed E-state index contributed by atoms with van der Waals surface area (Å²) in [5, 5.41) is 2.78. The molecule has 0 heterocycles. The van der Waals surface area contributed by atoms with E-state index in [0.717, 1.165) is 39.6 Å². The molecule has 35 heavy (non-hydrogen) atoms. The van der Waals surface area contributed by atoms with Gasteiger partial charge in [0.25, 0.3) is 0 Å². The second-order valence-electron chi connectivity index (χ2n) is 7.92. The molecule has 0 aromatic heterocycles. The third-order valence-electron chi connectivity index (χ3n) is 5.03. The molecule has 186 valence electrons. The number of benzene rings is 3. The van der Waals surface area contributed by atoms with E-state index in [-0.39, 0.29) is 18.3 Å². The van der Waals surface area contributed by atoms with E-state index in [1.54, 1.807) is 48.2 Å². The van der Waals surface area contributed by atoms with Gasteiger partial charge in [0.05, 0.1) is 11.9 Å². The smallest absolute Gasteiger partial charge is 0.240 e. The van der Waals surface area contributed by atoms with E-state index in [1.165, 1.54) is 12.1 Å². The monoisotopic (exact) mass is 516 g/mol. The van der Waals surface area contributed by atoms with Gasteiger partial charge in [-0.25, -0.2) is 12.8 Å². The quantitative estimate of drug-likeness (QED) is 0.336. The summed E-state index contributed by atoms with van der Waals surface area (Å²) in [7, 11) is -3.65. The van der Waals surface area contributed by atoms with Gasteiger partial charge in [-0.2, -0.15) is 11.8 Å². The van der Waals surface area contributed by atoms with Crippen molar-refractivity contribution in [3.8, 4) is 5.75 Å². The SMILES string of the molecule is CS(=O)(=O)N(CC(=O)NCCCSCc1ccc(F)cc1)c1ccc(OCc2ccccc2)cc1. The van der Waals surface area contributed by atoms with Crippen LogP contribution in [0.25, 0.3) is 0 Å². The van der Waals surface area contributed by atoms with E-state index in [9.17, 15) is 17.6 Å². The molecule has 3 aromatic rings. The largest absolute Gasteiger partial charge is 0.489 e. The third-order valence-corrected chi connectivity index (χ3v) is 7.29. The van der Waals surface area contributed by atoms with Crippen LogP contribution in [0.1, 0.15) is 17.5 Å². The van der Waals surface area contributed by atoms with Gasteiger partial charge in [0.1, 0.15) is 24.7 Å². The molecule has 9 heteroatoms. The van der Waals surface area contributed by atoms with E-state index in [2.05, 4.69) is 5.32 Å². The van der Waals surface area contributed by atoms with Crippen LogP contribution >= 0.6 is 11.8 Å². The lowest BCUT2D eigenvalue weighted by Crippen LogP contribution is -2.40. The number of amides is 1. The Morgan fingerprint density at radius 1 is 0.971 bits per heavy atom. The van der Waals surface area contributed by atoms with Crippen molar-refractivity contribution in [2.75, 3.05) is 29.4 Å². The van der Waals surface area contributed by atoms with Crippen LogP contribution in [0.4, 0.5) is 10.1 Å². The lowest BCUT2D eigenvalue weighted by Gasteiger charge is -2.22. The number of anilines is 1. The molecule has 1 N–H and O–H groups in total. The normalized spacial score (nSPS) is 11.1. The summed E-state index contributed by atoms with van der Waals surface area (Å²) in [6.45, 7) is 0.547. The van der Waals surface area contributed by atoms with Gasteiger partial charge in [0, 0.05) is 12.3 Å². The second kappa shape index (κ2) is 13.2. The summed E-state index contributed by atoms with van der Waals surface area (Å²) in [5.74, 6) is 1.56. The van der Waals surface area contributed by atoms with Crippen molar-refractivity contribution in [1.29, 1.82) is 0 Å². The minimum absolute atomic E-state index is 0.253. The second-order valence-corrected chi connectivity index (χ2v) is 10.9. The molecule has 0 spiro atoms. The lowest BCUT2D eigenvalue weighted by atomic mass is 10.2. The number of halogens is 1. The molecule has 0 unspecified atom stereocenters. The van der Waals surface area contributed by atoms with Gasteiger partial charge in [-0.1, -0.05) is 42.5 Å². The Kier molecular flexibility index (Phi) is 9.98. The van der Waals surface area contributed by atoms with E-state index >= 15 is 0 Å². The molecule has 0 aliphatic rings. The van der Waals surface area contributed by atoms with Crippen molar-refractivity contribution in [2.24, 2.45) is 0 Å². The summed E-state index contributed by atoms with van der Waals surface area (Å²) in [6, 6.07) is 22.7. The van der Waals surface area contributed by atoms with Crippen LogP contribution in [0.5, 0.6) is 5.75 Å². The number of hydrogen-bond acceptors (Lipinski definition) is 5. The summed E-state index contributed by atoms with van der Waals surface area (Å²) < 4.78 is 44.4. The number of ether oxygens (including phenoxy) is 1. The first-order chi connectivity index (χ1) is 16.8. The number of nitrogens with one attached hydrogen (secondary N) is 1. The van der Waals surface area contributed by atoms with Crippen LogP contribution in [0.3, 0.4) is 0 Å². The highest BCUT2D eigenvalue weighted by Gasteiger charge is 2.20. The fourth-order valence-electron chi connectivity index (χ4n) is 3.21. The molecular weight excluding hydrogens is 487 g/mol. The molecule has 0 aliphatic heterocycles. The number of nitrogens with zero attached hydrogens (tertiary/aromatic N) is 1. The van der Waals surface area contributed by atoms with Crippen molar-refractivity contribution in [2.45, 2.75) is 18.8 Å². The molecule has 0 saturated carbocycles. The van der Waals surface area contributed by atoms with Gasteiger partial charge in [-0.15, -0.1) is 0 Å². The zero-order chi connectivity index (χ0) is 25.1. The van der Waals surface area contributed by atoms with Crippen LogP contribution in [-0.2, 0) is 27.2 Å². The number of sulfonamides is 1. The Morgan fingerprint density at radius 3 is 2.31 bits per heavy atom. The van der Waals surface area contributed by atoms with Crippen molar-refractivity contribution in [3.05, 3.63) is 95.8 Å². The van der Waals surface area contributed by atoms with Crippen LogP contribution in [-0.4, -0.2) is 39.4 Å². The minimum atomic E-state index is -3.65. The minimum Gasteiger partial charge on any atom is -0.489 e. The predicted molar refractivity (Wildman–Crippen MR) is 140 cm³/mol. The average Bonchev–Trinajstić information content (AvgIpc) is 2.85. The predicted octanol–water partition coefficient (Wildman–Crippen LogP) is 4.61. The highest BCUT2D eigenvalue weighted by molar-refractivity contribution is 7.98. The highest BCUT2D eigenvalue weighted by atomic mass is 32.2. The zero-order valence-electron chi connectivity index (χ0n) is 19.5. The molecule has 3 aromatic carbocycles. The third kappa shape index (κ3) is 9.26. The molecule has 0 atom stereocenters. The molecule has 0 fully saturated rings. The number of rotatable bonds is 13. The summed E-state index contributed by atoms with van der Waals surface area (Å²) in [6.07, 6.45) is 1.82.